The third-order valence-corrected chi connectivity index (χ3v) is 4.70. The van der Waals surface area contributed by atoms with Crippen molar-refractivity contribution in [2.75, 3.05) is 0 Å². The summed E-state index contributed by atoms with van der Waals surface area (Å²) in [4.78, 5) is 25.4. The molecule has 1 aliphatic rings. The van der Waals surface area contributed by atoms with Crippen molar-refractivity contribution in [2.45, 2.75) is 25.0 Å². The van der Waals surface area contributed by atoms with Crippen LogP contribution in [0.4, 0.5) is 0 Å². The van der Waals surface area contributed by atoms with Crippen LogP contribution in [-0.2, 0) is 9.53 Å². The standard InChI is InChI=1S/C22H19NO5/c24-18-12-17(19(25)16-9-5-4-8-15(16)18)22(27)28-20(13-6-2-1-3-7-13)21(26)23-14-10-11-14/h1-9,12,14,20,24-25H,10-11H2,(H,23,26)/t20-/m0/s1. The van der Waals surface area contributed by atoms with E-state index < -0.39 is 18.0 Å². The number of nitrogens with one attached hydrogen (secondary N) is 1. The van der Waals surface area contributed by atoms with Gasteiger partial charge in [-0.1, -0.05) is 54.6 Å². The molecule has 1 fully saturated rings. The van der Waals surface area contributed by atoms with Crippen LogP contribution in [0.5, 0.6) is 11.5 Å². The molecule has 28 heavy (non-hydrogen) atoms. The second kappa shape index (κ2) is 7.23. The van der Waals surface area contributed by atoms with Gasteiger partial charge in [-0.05, 0) is 18.9 Å². The highest BCUT2D eigenvalue weighted by Crippen LogP contribution is 2.36. The number of rotatable bonds is 5. The van der Waals surface area contributed by atoms with Crippen molar-refractivity contribution in [1.82, 2.24) is 5.32 Å². The molecule has 0 spiro atoms. The Hall–Kier alpha value is -3.54. The number of phenols is 2. The van der Waals surface area contributed by atoms with Gasteiger partial charge in [0.15, 0.2) is 0 Å². The van der Waals surface area contributed by atoms with Crippen molar-refractivity contribution in [3.63, 3.8) is 0 Å². The van der Waals surface area contributed by atoms with Crippen LogP contribution >= 0.6 is 0 Å². The molecular formula is C22H19NO5. The normalized spacial score (nSPS) is 14.4. The van der Waals surface area contributed by atoms with Crippen molar-refractivity contribution >= 4 is 22.6 Å². The molecule has 1 atom stereocenters. The Labute approximate surface area is 161 Å². The molecular weight excluding hydrogens is 358 g/mol. The number of hydrogen-bond acceptors (Lipinski definition) is 5. The number of hydrogen-bond donors (Lipinski definition) is 3. The number of esters is 1. The highest BCUT2D eigenvalue weighted by molar-refractivity contribution is 6.04. The second-order valence-electron chi connectivity index (χ2n) is 6.82. The first kappa shape index (κ1) is 17.9. The van der Waals surface area contributed by atoms with Gasteiger partial charge in [-0.15, -0.1) is 0 Å². The van der Waals surface area contributed by atoms with Gasteiger partial charge in [0.2, 0.25) is 6.10 Å². The molecule has 6 nitrogen and oxygen atoms in total. The predicted molar refractivity (Wildman–Crippen MR) is 103 cm³/mol. The van der Waals surface area contributed by atoms with E-state index in [1.807, 2.05) is 0 Å². The lowest BCUT2D eigenvalue weighted by molar-refractivity contribution is -0.130. The maximum Gasteiger partial charge on any atom is 0.343 e. The van der Waals surface area contributed by atoms with Crippen LogP contribution in [-0.4, -0.2) is 28.1 Å². The SMILES string of the molecule is O=C(O[C@H](C(=O)NC1CC1)c1ccccc1)c1cc(O)c2ccccc2c1O. The first-order valence-electron chi connectivity index (χ1n) is 9.04. The first-order valence-corrected chi connectivity index (χ1v) is 9.04. The summed E-state index contributed by atoms with van der Waals surface area (Å²) in [5.41, 5.74) is 0.329. The molecule has 1 aliphatic carbocycles. The number of carbonyl (C=O) groups is 2. The van der Waals surface area contributed by atoms with Crippen molar-refractivity contribution < 1.29 is 24.5 Å². The number of aromatic hydroxyl groups is 2. The lowest BCUT2D eigenvalue weighted by atomic mass is 10.0. The summed E-state index contributed by atoms with van der Waals surface area (Å²) in [5, 5.41) is 24.3. The number of amides is 1. The molecule has 1 amide bonds. The summed E-state index contributed by atoms with van der Waals surface area (Å²) in [6, 6.07) is 16.6. The van der Waals surface area contributed by atoms with Crippen LogP contribution < -0.4 is 5.32 Å². The fourth-order valence-corrected chi connectivity index (χ4v) is 3.07. The molecule has 3 aromatic rings. The van der Waals surface area contributed by atoms with Gasteiger partial charge >= 0.3 is 5.97 Å². The minimum atomic E-state index is -1.15. The molecule has 0 heterocycles. The van der Waals surface area contributed by atoms with Crippen molar-refractivity contribution in [2.24, 2.45) is 0 Å². The molecule has 0 unspecified atom stereocenters. The Bertz CT molecular complexity index is 1040. The molecule has 142 valence electrons. The van der Waals surface area contributed by atoms with E-state index in [1.54, 1.807) is 54.6 Å². The van der Waals surface area contributed by atoms with Gasteiger partial charge in [0, 0.05) is 22.4 Å². The smallest absolute Gasteiger partial charge is 0.343 e. The molecule has 0 bridgehead atoms. The maximum absolute atomic E-state index is 12.8. The van der Waals surface area contributed by atoms with Gasteiger partial charge in [0.25, 0.3) is 5.91 Å². The van der Waals surface area contributed by atoms with E-state index in [4.69, 9.17) is 4.74 Å². The van der Waals surface area contributed by atoms with Gasteiger partial charge in [-0.25, -0.2) is 4.79 Å². The van der Waals surface area contributed by atoms with Gasteiger partial charge in [0.05, 0.1) is 0 Å². The molecule has 0 radical (unpaired) electrons. The molecule has 0 saturated heterocycles. The Balaban J connectivity index is 1.67. The summed E-state index contributed by atoms with van der Waals surface area (Å²) >= 11 is 0. The highest BCUT2D eigenvalue weighted by atomic mass is 16.5. The molecule has 0 aromatic heterocycles. The van der Waals surface area contributed by atoms with Gasteiger partial charge in [-0.3, -0.25) is 4.79 Å². The van der Waals surface area contributed by atoms with Crippen LogP contribution in [0.2, 0.25) is 0 Å². The monoisotopic (exact) mass is 377 g/mol. The zero-order valence-electron chi connectivity index (χ0n) is 15.0. The van der Waals surface area contributed by atoms with E-state index in [9.17, 15) is 19.8 Å². The third-order valence-electron chi connectivity index (χ3n) is 4.70. The molecule has 6 heteroatoms. The number of carbonyl (C=O) groups excluding carboxylic acids is 2. The second-order valence-corrected chi connectivity index (χ2v) is 6.82. The fourth-order valence-electron chi connectivity index (χ4n) is 3.07. The number of benzene rings is 3. The van der Waals surface area contributed by atoms with Gasteiger partial charge in [0.1, 0.15) is 17.1 Å². The van der Waals surface area contributed by atoms with E-state index in [-0.39, 0.29) is 23.1 Å². The fraction of sp³-hybridized carbons (Fsp3) is 0.182. The Morgan fingerprint density at radius 2 is 1.61 bits per heavy atom. The molecule has 4 rings (SSSR count). The van der Waals surface area contributed by atoms with Crippen molar-refractivity contribution in [3.8, 4) is 11.5 Å². The summed E-state index contributed by atoms with van der Waals surface area (Å²) < 4.78 is 5.48. The zero-order valence-corrected chi connectivity index (χ0v) is 15.0. The van der Waals surface area contributed by atoms with Crippen molar-refractivity contribution in [1.29, 1.82) is 0 Å². The molecule has 3 N–H and O–H groups in total. The average molecular weight is 377 g/mol. The molecule has 3 aromatic carbocycles. The van der Waals surface area contributed by atoms with Crippen LogP contribution in [0.1, 0.15) is 34.9 Å². The van der Waals surface area contributed by atoms with Crippen LogP contribution in [0, 0.1) is 0 Å². The van der Waals surface area contributed by atoms with Crippen LogP contribution in [0.25, 0.3) is 10.8 Å². The number of fused-ring (bicyclic) bond motifs is 1. The van der Waals surface area contributed by atoms with Gasteiger partial charge in [-0.2, -0.15) is 0 Å². The summed E-state index contributed by atoms with van der Waals surface area (Å²) in [6.45, 7) is 0. The minimum absolute atomic E-state index is 0.107. The van der Waals surface area contributed by atoms with E-state index in [0.717, 1.165) is 18.9 Å². The predicted octanol–water partition coefficient (Wildman–Crippen LogP) is 3.43. The van der Waals surface area contributed by atoms with E-state index in [2.05, 4.69) is 5.32 Å². The Morgan fingerprint density at radius 1 is 0.964 bits per heavy atom. The summed E-state index contributed by atoms with van der Waals surface area (Å²) in [5.74, 6) is -1.75. The summed E-state index contributed by atoms with van der Waals surface area (Å²) in [7, 11) is 0. The van der Waals surface area contributed by atoms with Gasteiger partial charge < -0.3 is 20.3 Å². The third kappa shape index (κ3) is 3.49. The topological polar surface area (TPSA) is 95.9 Å². The Morgan fingerprint density at radius 3 is 2.29 bits per heavy atom. The molecule has 1 saturated carbocycles. The quantitative estimate of drug-likeness (QED) is 0.468. The largest absolute Gasteiger partial charge is 0.507 e. The number of phenolic OH excluding ortho intramolecular Hbond substituents is 2. The lowest BCUT2D eigenvalue weighted by Gasteiger charge is -2.19. The minimum Gasteiger partial charge on any atom is -0.507 e. The van der Waals surface area contributed by atoms with E-state index in [0.29, 0.717) is 16.3 Å². The number of ether oxygens (including phenoxy) is 1. The average Bonchev–Trinajstić information content (AvgIpc) is 3.53. The zero-order chi connectivity index (χ0) is 19.7. The van der Waals surface area contributed by atoms with Crippen LogP contribution in [0.3, 0.4) is 0 Å². The summed E-state index contributed by atoms with van der Waals surface area (Å²) in [6.07, 6.45) is 0.656. The first-order chi connectivity index (χ1) is 13.5. The van der Waals surface area contributed by atoms with Crippen LogP contribution in [0.15, 0.2) is 60.7 Å². The highest BCUT2D eigenvalue weighted by Gasteiger charge is 2.32. The van der Waals surface area contributed by atoms with Crippen molar-refractivity contribution in [3.05, 3.63) is 71.8 Å². The Kier molecular flexibility index (Phi) is 4.61. The molecule has 0 aliphatic heterocycles. The lowest BCUT2D eigenvalue weighted by Crippen LogP contribution is -2.33. The van der Waals surface area contributed by atoms with E-state index >= 15 is 0 Å². The van der Waals surface area contributed by atoms with E-state index in [1.165, 1.54) is 0 Å². The maximum atomic E-state index is 12.8.